The lowest BCUT2D eigenvalue weighted by Crippen LogP contribution is -2.32. The van der Waals surface area contributed by atoms with E-state index >= 15 is 0 Å². The number of hydrogen-bond donors (Lipinski definition) is 2. The van der Waals surface area contributed by atoms with Crippen LogP contribution >= 0.6 is 34.8 Å². The number of amides is 3. The lowest BCUT2D eigenvalue weighted by Gasteiger charge is -2.17. The summed E-state index contributed by atoms with van der Waals surface area (Å²) in [5, 5.41) is 5.56. The quantitative estimate of drug-likeness (QED) is 0.369. The Kier molecular flexibility index (Phi) is 7.40. The maximum Gasteiger partial charge on any atom is 0.283 e. The van der Waals surface area contributed by atoms with Gasteiger partial charge in [0.25, 0.3) is 17.7 Å². The van der Waals surface area contributed by atoms with E-state index in [2.05, 4.69) is 10.6 Å². The number of anilines is 3. The number of benzene rings is 3. The highest BCUT2D eigenvalue weighted by Gasteiger charge is 2.40. The van der Waals surface area contributed by atoms with Crippen LogP contribution in [0.3, 0.4) is 0 Å². The Hall–Kier alpha value is -3.72. The summed E-state index contributed by atoms with van der Waals surface area (Å²) in [6.45, 7) is 0. The van der Waals surface area contributed by atoms with Crippen molar-refractivity contribution < 1.29 is 23.9 Å². The SMILES string of the molecule is COc1ccc(NC(=O)c2ccc(NC3=C(Cl)C(=O)N(c4cccc(Cl)c4Cl)C3=O)cc2)c(OC)c1. The first-order chi connectivity index (χ1) is 17.2. The van der Waals surface area contributed by atoms with Crippen molar-refractivity contribution in [1.29, 1.82) is 0 Å². The number of halogens is 3. The van der Waals surface area contributed by atoms with Crippen molar-refractivity contribution in [3.63, 3.8) is 0 Å². The van der Waals surface area contributed by atoms with Crippen LogP contribution in [-0.4, -0.2) is 31.9 Å². The number of ether oxygens (including phenoxy) is 2. The van der Waals surface area contributed by atoms with Crippen LogP contribution in [0.4, 0.5) is 17.1 Å². The third kappa shape index (κ3) is 4.83. The third-order valence-corrected chi connectivity index (χ3v) is 6.43. The molecule has 1 aliphatic rings. The van der Waals surface area contributed by atoms with Crippen molar-refractivity contribution in [3.8, 4) is 11.5 Å². The molecule has 0 bridgehead atoms. The molecule has 1 aliphatic heterocycles. The Morgan fingerprint density at radius 1 is 0.889 bits per heavy atom. The molecule has 8 nitrogen and oxygen atoms in total. The fourth-order valence-corrected chi connectivity index (χ4v) is 4.03. The highest BCUT2D eigenvalue weighted by atomic mass is 35.5. The van der Waals surface area contributed by atoms with Gasteiger partial charge in [0, 0.05) is 17.3 Å². The predicted molar refractivity (Wildman–Crippen MR) is 139 cm³/mol. The van der Waals surface area contributed by atoms with Crippen molar-refractivity contribution in [2.24, 2.45) is 0 Å². The maximum absolute atomic E-state index is 13.0. The molecule has 0 saturated heterocycles. The molecule has 3 aromatic carbocycles. The van der Waals surface area contributed by atoms with Gasteiger partial charge in [-0.05, 0) is 48.5 Å². The molecular weight excluding hydrogens is 529 g/mol. The van der Waals surface area contributed by atoms with Gasteiger partial charge in [0.15, 0.2) is 0 Å². The molecule has 1 heterocycles. The number of carbonyl (C=O) groups excluding carboxylic acids is 3. The molecule has 36 heavy (non-hydrogen) atoms. The fraction of sp³-hybridized carbons (Fsp3) is 0.0800. The second kappa shape index (κ2) is 10.5. The molecule has 0 spiro atoms. The van der Waals surface area contributed by atoms with Crippen LogP contribution in [0.2, 0.25) is 10.0 Å². The summed E-state index contributed by atoms with van der Waals surface area (Å²) in [6.07, 6.45) is 0. The Labute approximate surface area is 221 Å². The highest BCUT2D eigenvalue weighted by Crippen LogP contribution is 2.37. The van der Waals surface area contributed by atoms with Gasteiger partial charge in [0.05, 0.1) is 35.6 Å². The lowest BCUT2D eigenvalue weighted by atomic mass is 10.1. The largest absolute Gasteiger partial charge is 0.497 e. The fourth-order valence-electron chi connectivity index (χ4n) is 3.44. The van der Waals surface area contributed by atoms with Crippen LogP contribution < -0.4 is 25.0 Å². The minimum absolute atomic E-state index is 0.0513. The monoisotopic (exact) mass is 545 g/mol. The molecular formula is C25H18Cl3N3O5. The first-order valence-corrected chi connectivity index (χ1v) is 11.5. The maximum atomic E-state index is 13.0. The molecule has 0 saturated carbocycles. The van der Waals surface area contributed by atoms with Crippen molar-refractivity contribution >= 4 is 69.6 Å². The van der Waals surface area contributed by atoms with E-state index in [-0.39, 0.29) is 32.4 Å². The van der Waals surface area contributed by atoms with Crippen molar-refractivity contribution in [2.75, 3.05) is 29.8 Å². The van der Waals surface area contributed by atoms with Gasteiger partial charge in [0.1, 0.15) is 22.2 Å². The zero-order valence-electron chi connectivity index (χ0n) is 18.9. The summed E-state index contributed by atoms with van der Waals surface area (Å²) < 4.78 is 10.5. The summed E-state index contributed by atoms with van der Waals surface area (Å²) in [5.41, 5.74) is 1.24. The Morgan fingerprint density at radius 2 is 1.61 bits per heavy atom. The zero-order chi connectivity index (χ0) is 26.0. The molecule has 0 atom stereocenters. The van der Waals surface area contributed by atoms with E-state index in [9.17, 15) is 14.4 Å². The molecule has 184 valence electrons. The number of nitrogens with one attached hydrogen (secondary N) is 2. The van der Waals surface area contributed by atoms with Crippen LogP contribution in [0.5, 0.6) is 11.5 Å². The molecule has 0 fully saturated rings. The van der Waals surface area contributed by atoms with E-state index < -0.39 is 11.8 Å². The van der Waals surface area contributed by atoms with E-state index in [4.69, 9.17) is 44.3 Å². The standard InChI is InChI=1S/C25H18Cl3N3O5/c1-35-15-10-11-17(19(12-15)36-2)30-23(32)13-6-8-14(9-7-13)29-22-21(28)24(33)31(25(22)34)18-5-3-4-16(26)20(18)27/h3-12,29H,1-2H3,(H,30,32). The first-order valence-electron chi connectivity index (χ1n) is 10.4. The van der Waals surface area contributed by atoms with Crippen LogP contribution in [-0.2, 0) is 9.59 Å². The van der Waals surface area contributed by atoms with E-state index in [1.165, 1.54) is 26.4 Å². The summed E-state index contributed by atoms with van der Waals surface area (Å²) in [7, 11) is 3.02. The average molecular weight is 547 g/mol. The van der Waals surface area contributed by atoms with E-state index in [1.807, 2.05) is 0 Å². The normalized spacial score (nSPS) is 13.2. The van der Waals surface area contributed by atoms with Crippen molar-refractivity contribution in [1.82, 2.24) is 0 Å². The van der Waals surface area contributed by atoms with Crippen LogP contribution in [0.1, 0.15) is 10.4 Å². The van der Waals surface area contributed by atoms with Gasteiger partial charge in [-0.2, -0.15) is 0 Å². The zero-order valence-corrected chi connectivity index (χ0v) is 21.2. The smallest absolute Gasteiger partial charge is 0.283 e. The molecule has 0 unspecified atom stereocenters. The molecule has 4 rings (SSSR count). The summed E-state index contributed by atoms with van der Waals surface area (Å²) in [4.78, 5) is 39.3. The highest BCUT2D eigenvalue weighted by molar-refractivity contribution is 6.54. The second-order valence-electron chi connectivity index (χ2n) is 7.43. The van der Waals surface area contributed by atoms with Gasteiger partial charge in [-0.15, -0.1) is 0 Å². The molecule has 0 radical (unpaired) electrons. The van der Waals surface area contributed by atoms with Gasteiger partial charge >= 0.3 is 0 Å². The van der Waals surface area contributed by atoms with Gasteiger partial charge in [-0.3, -0.25) is 14.4 Å². The molecule has 0 aliphatic carbocycles. The number of hydrogen-bond acceptors (Lipinski definition) is 6. The summed E-state index contributed by atoms with van der Waals surface area (Å²) in [5.74, 6) is -0.780. The molecule has 3 aromatic rings. The van der Waals surface area contributed by atoms with Crippen LogP contribution in [0.15, 0.2) is 71.4 Å². The number of rotatable bonds is 7. The number of methoxy groups -OCH3 is 2. The second-order valence-corrected chi connectivity index (χ2v) is 8.59. The van der Waals surface area contributed by atoms with E-state index in [0.29, 0.717) is 28.4 Å². The number of imide groups is 1. The van der Waals surface area contributed by atoms with Gasteiger partial charge in [-0.25, -0.2) is 4.90 Å². The van der Waals surface area contributed by atoms with E-state index in [1.54, 1.807) is 48.5 Å². The van der Waals surface area contributed by atoms with Crippen molar-refractivity contribution in [3.05, 3.63) is 87.0 Å². The van der Waals surface area contributed by atoms with Crippen LogP contribution in [0.25, 0.3) is 0 Å². The minimum atomic E-state index is -0.738. The summed E-state index contributed by atoms with van der Waals surface area (Å²) in [6, 6.07) is 15.9. The Morgan fingerprint density at radius 3 is 2.28 bits per heavy atom. The molecule has 11 heteroatoms. The Balaban J connectivity index is 1.50. The van der Waals surface area contributed by atoms with Gasteiger partial charge < -0.3 is 20.1 Å². The first kappa shape index (κ1) is 25.4. The van der Waals surface area contributed by atoms with Gasteiger partial charge in [-0.1, -0.05) is 40.9 Å². The Bertz CT molecular complexity index is 1410. The van der Waals surface area contributed by atoms with Crippen molar-refractivity contribution in [2.45, 2.75) is 0 Å². The topological polar surface area (TPSA) is 97.0 Å². The van der Waals surface area contributed by atoms with Crippen LogP contribution in [0, 0.1) is 0 Å². The average Bonchev–Trinajstić information content (AvgIpc) is 3.09. The molecule has 2 N–H and O–H groups in total. The number of nitrogens with zero attached hydrogens (tertiary/aromatic N) is 1. The predicted octanol–water partition coefficient (Wildman–Crippen LogP) is 5.70. The summed E-state index contributed by atoms with van der Waals surface area (Å²) >= 11 is 18.4. The molecule has 0 aromatic heterocycles. The minimum Gasteiger partial charge on any atom is -0.497 e. The lowest BCUT2D eigenvalue weighted by molar-refractivity contribution is -0.120. The number of carbonyl (C=O) groups is 3. The van der Waals surface area contributed by atoms with Gasteiger partial charge in [0.2, 0.25) is 0 Å². The molecule has 3 amide bonds. The third-order valence-electron chi connectivity index (χ3n) is 5.27. The van der Waals surface area contributed by atoms with E-state index in [0.717, 1.165) is 4.90 Å².